The largest absolute Gasteiger partial charge is 0.468 e. The van der Waals surface area contributed by atoms with Crippen molar-refractivity contribution in [2.24, 2.45) is 5.16 Å². The van der Waals surface area contributed by atoms with Crippen molar-refractivity contribution in [3.8, 4) is 6.07 Å². The quantitative estimate of drug-likeness (QED) is 0.216. The van der Waals surface area contributed by atoms with Crippen LogP contribution in [0.1, 0.15) is 23.1 Å². The second kappa shape index (κ2) is 12.3. The van der Waals surface area contributed by atoms with E-state index in [2.05, 4.69) is 19.9 Å². The topological polar surface area (TPSA) is 147 Å². The molecule has 2 aromatic rings. The van der Waals surface area contributed by atoms with Crippen molar-refractivity contribution in [2.45, 2.75) is 24.3 Å². The average molecular weight is 473 g/mol. The number of ether oxygens (including phenoxy) is 1. The monoisotopic (exact) mass is 472 g/mol. The molecule has 0 aliphatic heterocycles. The number of nitrogens with zero attached hydrogens (tertiary/aromatic N) is 2. The van der Waals surface area contributed by atoms with Gasteiger partial charge in [-0.3, -0.25) is 9.59 Å². The highest BCUT2D eigenvalue weighted by Gasteiger charge is 2.27. The number of rotatable bonds is 11. The van der Waals surface area contributed by atoms with E-state index in [0.717, 1.165) is 18.2 Å². The molecular weight excluding hydrogens is 448 g/mol. The lowest BCUT2D eigenvalue weighted by Crippen LogP contribution is -2.48. The molecule has 0 aliphatic rings. The Morgan fingerprint density at radius 2 is 1.94 bits per heavy atom. The van der Waals surface area contributed by atoms with Crippen LogP contribution < -0.4 is 10.0 Å². The zero-order chi connectivity index (χ0) is 24.3. The van der Waals surface area contributed by atoms with Gasteiger partial charge in [0.2, 0.25) is 15.9 Å². The molecule has 0 radical (unpaired) electrons. The molecule has 0 fully saturated rings. The Morgan fingerprint density at radius 1 is 1.21 bits per heavy atom. The van der Waals surface area contributed by atoms with Gasteiger partial charge in [0.1, 0.15) is 12.6 Å². The fourth-order valence-corrected chi connectivity index (χ4v) is 3.88. The summed E-state index contributed by atoms with van der Waals surface area (Å²) in [5, 5.41) is 15.0. The van der Waals surface area contributed by atoms with Gasteiger partial charge in [0.05, 0.1) is 36.3 Å². The number of nitrogens with one attached hydrogen (secondary N) is 2. The molecule has 0 aromatic heterocycles. The van der Waals surface area contributed by atoms with Crippen LogP contribution >= 0.6 is 0 Å². The summed E-state index contributed by atoms with van der Waals surface area (Å²) in [6.45, 7) is 1.41. The molecule has 1 amide bonds. The van der Waals surface area contributed by atoms with Gasteiger partial charge >= 0.3 is 5.97 Å². The van der Waals surface area contributed by atoms with Crippen LogP contribution in [0.3, 0.4) is 0 Å². The van der Waals surface area contributed by atoms with Crippen molar-refractivity contribution >= 4 is 28.1 Å². The SMILES string of the molecule is COC(=O)C(CNC(=O)CCO/N=C/c1ccc(C#N)cc1)NS(=O)(=O)c1cccc(C)c1. The molecule has 0 heterocycles. The number of methoxy groups -OCH3 is 1. The Hall–Kier alpha value is -3.75. The number of nitriles is 1. The van der Waals surface area contributed by atoms with Crippen molar-refractivity contribution in [3.05, 3.63) is 65.2 Å². The minimum atomic E-state index is -4.00. The van der Waals surface area contributed by atoms with Gasteiger partial charge in [0.25, 0.3) is 0 Å². The standard InChI is InChI=1S/C22H24N4O6S/c1-16-4-3-5-19(12-16)33(29,30)26-20(22(28)31-2)15-24-21(27)10-11-32-25-14-18-8-6-17(13-23)7-9-18/h3-9,12,14,20,26H,10-11,15H2,1-2H3,(H,24,27)/b25-14+. The van der Waals surface area contributed by atoms with E-state index in [1.54, 1.807) is 43.3 Å². The van der Waals surface area contributed by atoms with Gasteiger partial charge in [-0.2, -0.15) is 9.98 Å². The summed E-state index contributed by atoms with van der Waals surface area (Å²) in [6.07, 6.45) is 1.37. The maximum atomic E-state index is 12.6. The van der Waals surface area contributed by atoms with E-state index < -0.39 is 27.9 Å². The van der Waals surface area contributed by atoms with E-state index in [0.29, 0.717) is 5.56 Å². The van der Waals surface area contributed by atoms with Crippen LogP contribution in [0.4, 0.5) is 0 Å². The number of amides is 1. The van der Waals surface area contributed by atoms with Gasteiger partial charge in [0.15, 0.2) is 0 Å². The van der Waals surface area contributed by atoms with Crippen LogP contribution in [-0.4, -0.2) is 52.8 Å². The lowest BCUT2D eigenvalue weighted by molar-refractivity contribution is -0.142. The molecule has 33 heavy (non-hydrogen) atoms. The number of aryl methyl sites for hydroxylation is 1. The average Bonchev–Trinajstić information content (AvgIpc) is 2.81. The molecule has 0 saturated carbocycles. The van der Waals surface area contributed by atoms with E-state index in [1.165, 1.54) is 18.3 Å². The number of oxime groups is 1. The first kappa shape index (κ1) is 25.5. The first-order valence-electron chi connectivity index (χ1n) is 9.84. The van der Waals surface area contributed by atoms with E-state index in [1.807, 2.05) is 6.07 Å². The second-order valence-corrected chi connectivity index (χ2v) is 8.58. The summed E-state index contributed by atoms with van der Waals surface area (Å²) in [6, 6.07) is 13.6. The number of sulfonamides is 1. The summed E-state index contributed by atoms with van der Waals surface area (Å²) >= 11 is 0. The highest BCUT2D eigenvalue weighted by atomic mass is 32.2. The Bertz CT molecular complexity index is 1140. The fourth-order valence-electron chi connectivity index (χ4n) is 2.59. The number of benzene rings is 2. The smallest absolute Gasteiger partial charge is 0.325 e. The maximum Gasteiger partial charge on any atom is 0.325 e. The normalized spacial score (nSPS) is 12.0. The number of hydrogen-bond donors (Lipinski definition) is 2. The molecule has 2 N–H and O–H groups in total. The van der Waals surface area contributed by atoms with E-state index in [-0.39, 0.29) is 24.5 Å². The third-order valence-electron chi connectivity index (χ3n) is 4.32. The number of hydrogen-bond acceptors (Lipinski definition) is 8. The first-order valence-corrected chi connectivity index (χ1v) is 11.3. The Balaban J connectivity index is 1.83. The number of carbonyl (C=O) groups excluding carboxylic acids is 2. The zero-order valence-corrected chi connectivity index (χ0v) is 19.0. The highest BCUT2D eigenvalue weighted by Crippen LogP contribution is 2.11. The molecule has 11 heteroatoms. The van der Waals surface area contributed by atoms with Gasteiger partial charge in [-0.05, 0) is 42.3 Å². The van der Waals surface area contributed by atoms with Gasteiger partial charge in [-0.1, -0.05) is 29.4 Å². The van der Waals surface area contributed by atoms with Crippen LogP contribution in [0.5, 0.6) is 0 Å². The Kier molecular flexibility index (Phi) is 9.53. The molecule has 0 spiro atoms. The molecule has 1 atom stereocenters. The van der Waals surface area contributed by atoms with E-state index >= 15 is 0 Å². The summed E-state index contributed by atoms with van der Waals surface area (Å²) in [7, 11) is -2.88. The third kappa shape index (κ3) is 8.36. The second-order valence-electron chi connectivity index (χ2n) is 6.87. The fraction of sp³-hybridized carbons (Fsp3) is 0.273. The molecule has 1 unspecified atom stereocenters. The van der Waals surface area contributed by atoms with Crippen molar-refractivity contribution in [1.29, 1.82) is 5.26 Å². The van der Waals surface area contributed by atoms with Crippen LogP contribution in [0.25, 0.3) is 0 Å². The molecule has 2 rings (SSSR count). The number of esters is 1. The molecule has 10 nitrogen and oxygen atoms in total. The Labute approximate surface area is 192 Å². The zero-order valence-electron chi connectivity index (χ0n) is 18.1. The van der Waals surface area contributed by atoms with Crippen LogP contribution in [0.15, 0.2) is 58.6 Å². The van der Waals surface area contributed by atoms with Crippen LogP contribution in [0, 0.1) is 18.3 Å². The van der Waals surface area contributed by atoms with E-state index in [4.69, 9.17) is 10.1 Å². The number of carbonyl (C=O) groups is 2. The van der Waals surface area contributed by atoms with Crippen molar-refractivity contribution in [2.75, 3.05) is 20.3 Å². The lowest BCUT2D eigenvalue weighted by atomic mass is 10.2. The minimum absolute atomic E-state index is 0.00347. The molecule has 0 aliphatic carbocycles. The molecule has 0 saturated heterocycles. The molecule has 174 valence electrons. The summed E-state index contributed by atoms with van der Waals surface area (Å²) < 4.78 is 32.0. The van der Waals surface area contributed by atoms with Gasteiger partial charge in [-0.15, -0.1) is 0 Å². The van der Waals surface area contributed by atoms with Gasteiger partial charge in [0, 0.05) is 6.54 Å². The highest BCUT2D eigenvalue weighted by molar-refractivity contribution is 7.89. The third-order valence-corrected chi connectivity index (χ3v) is 5.79. The van der Waals surface area contributed by atoms with Crippen LogP contribution in [0.2, 0.25) is 0 Å². The van der Waals surface area contributed by atoms with Crippen molar-refractivity contribution in [3.63, 3.8) is 0 Å². The van der Waals surface area contributed by atoms with Crippen molar-refractivity contribution in [1.82, 2.24) is 10.0 Å². The predicted molar refractivity (Wildman–Crippen MR) is 120 cm³/mol. The maximum absolute atomic E-state index is 12.6. The summed E-state index contributed by atoms with van der Waals surface area (Å²) in [5.74, 6) is -1.30. The van der Waals surface area contributed by atoms with E-state index in [9.17, 15) is 18.0 Å². The van der Waals surface area contributed by atoms with Crippen molar-refractivity contribution < 1.29 is 27.6 Å². The molecule has 0 bridgehead atoms. The molecular formula is C22H24N4O6S. The van der Waals surface area contributed by atoms with Gasteiger partial charge < -0.3 is 14.9 Å². The summed E-state index contributed by atoms with van der Waals surface area (Å²) in [5.41, 5.74) is 1.99. The lowest BCUT2D eigenvalue weighted by Gasteiger charge is -2.17. The predicted octanol–water partition coefficient (Wildman–Crippen LogP) is 1.24. The molecule has 2 aromatic carbocycles. The van der Waals surface area contributed by atoms with Gasteiger partial charge in [-0.25, -0.2) is 8.42 Å². The Morgan fingerprint density at radius 3 is 2.58 bits per heavy atom. The first-order chi connectivity index (χ1) is 15.7. The van der Waals surface area contributed by atoms with Crippen LogP contribution in [-0.2, 0) is 29.2 Å². The minimum Gasteiger partial charge on any atom is -0.468 e. The summed E-state index contributed by atoms with van der Waals surface area (Å²) in [4.78, 5) is 29.1.